The van der Waals surface area contributed by atoms with E-state index in [1.165, 1.54) is 12.5 Å². The highest BCUT2D eigenvalue weighted by Crippen LogP contribution is 2.27. The number of nitrogens with one attached hydrogen (secondary N) is 1. The topological polar surface area (TPSA) is 38.0 Å². The van der Waals surface area contributed by atoms with Gasteiger partial charge in [-0.1, -0.05) is 33.8 Å². The third kappa shape index (κ3) is 6.02. The van der Waals surface area contributed by atoms with Gasteiger partial charge in [0.2, 0.25) is 0 Å². The van der Waals surface area contributed by atoms with Crippen molar-refractivity contribution in [2.75, 3.05) is 0 Å². The second-order valence-corrected chi connectivity index (χ2v) is 7.24. The van der Waals surface area contributed by atoms with Gasteiger partial charge in [0.25, 0.3) is 0 Å². The van der Waals surface area contributed by atoms with Crippen LogP contribution in [-0.4, -0.2) is 6.04 Å². The molecule has 2 atom stereocenters. The van der Waals surface area contributed by atoms with Crippen LogP contribution in [0.4, 0.5) is 4.39 Å². The molecule has 0 aliphatic rings. The molecule has 114 valence electrons. The van der Waals surface area contributed by atoms with Crippen LogP contribution < -0.4 is 11.3 Å². The van der Waals surface area contributed by atoms with Gasteiger partial charge in [0.1, 0.15) is 5.82 Å². The molecule has 0 fully saturated rings. The van der Waals surface area contributed by atoms with E-state index in [0.29, 0.717) is 11.3 Å². The molecule has 0 amide bonds. The monoisotopic (exact) mass is 280 g/mol. The summed E-state index contributed by atoms with van der Waals surface area (Å²) in [7, 11) is 0. The lowest BCUT2D eigenvalue weighted by Crippen LogP contribution is -2.38. The van der Waals surface area contributed by atoms with Crippen molar-refractivity contribution >= 4 is 0 Å². The smallest absolute Gasteiger partial charge is 0.123 e. The van der Waals surface area contributed by atoms with Gasteiger partial charge in [0.05, 0.1) is 0 Å². The molecule has 1 aromatic rings. The summed E-state index contributed by atoms with van der Waals surface area (Å²) in [5.74, 6) is 6.12. The van der Waals surface area contributed by atoms with Crippen LogP contribution in [0, 0.1) is 24.1 Å². The highest BCUT2D eigenvalue weighted by molar-refractivity contribution is 5.27. The Morgan fingerprint density at radius 1 is 1.30 bits per heavy atom. The lowest BCUT2D eigenvalue weighted by Gasteiger charge is -2.26. The second-order valence-electron chi connectivity index (χ2n) is 7.24. The molecule has 0 radical (unpaired) electrons. The van der Waals surface area contributed by atoms with Crippen molar-refractivity contribution in [3.05, 3.63) is 35.1 Å². The van der Waals surface area contributed by atoms with Gasteiger partial charge < -0.3 is 0 Å². The summed E-state index contributed by atoms with van der Waals surface area (Å²) in [6, 6.07) is 5.20. The second kappa shape index (κ2) is 7.19. The molecule has 2 unspecified atom stereocenters. The van der Waals surface area contributed by atoms with Crippen LogP contribution in [0.1, 0.15) is 51.7 Å². The maximum absolute atomic E-state index is 13.1. The lowest BCUT2D eigenvalue weighted by atomic mass is 9.82. The zero-order valence-corrected chi connectivity index (χ0v) is 13.5. The molecule has 0 aliphatic heterocycles. The van der Waals surface area contributed by atoms with Gasteiger partial charge in [-0.15, -0.1) is 0 Å². The zero-order valence-electron chi connectivity index (χ0n) is 13.5. The molecule has 0 heterocycles. The Kier molecular flexibility index (Phi) is 6.15. The van der Waals surface area contributed by atoms with E-state index in [0.717, 1.165) is 24.0 Å². The van der Waals surface area contributed by atoms with Crippen LogP contribution in [0.15, 0.2) is 18.2 Å². The van der Waals surface area contributed by atoms with E-state index in [9.17, 15) is 4.39 Å². The minimum absolute atomic E-state index is 0.176. The van der Waals surface area contributed by atoms with E-state index in [-0.39, 0.29) is 11.9 Å². The number of hydrogen-bond acceptors (Lipinski definition) is 2. The Balaban J connectivity index is 2.63. The van der Waals surface area contributed by atoms with Crippen LogP contribution in [0.5, 0.6) is 0 Å². The standard InChI is InChI=1S/C17H29FN2/c1-12(11-17(3,4)5)8-16(20-19)10-14-6-7-15(18)9-13(14)2/h6-7,9,12,16,20H,8,10-11,19H2,1-5H3. The number of hydrogen-bond donors (Lipinski definition) is 2. The number of rotatable bonds is 6. The number of hydrazine groups is 1. The molecule has 3 heteroatoms. The Labute approximate surface area is 122 Å². The van der Waals surface area contributed by atoms with Crippen molar-refractivity contribution < 1.29 is 4.39 Å². The molecule has 0 aliphatic carbocycles. The van der Waals surface area contributed by atoms with Crippen molar-refractivity contribution in [1.82, 2.24) is 5.43 Å². The van der Waals surface area contributed by atoms with Crippen molar-refractivity contribution in [3.63, 3.8) is 0 Å². The van der Waals surface area contributed by atoms with Gasteiger partial charge in [0.15, 0.2) is 0 Å². The van der Waals surface area contributed by atoms with E-state index in [4.69, 9.17) is 5.84 Å². The molecule has 0 saturated carbocycles. The Hall–Kier alpha value is -0.930. The summed E-state index contributed by atoms with van der Waals surface area (Å²) in [6.07, 6.45) is 3.05. The molecule has 2 nitrogen and oxygen atoms in total. The van der Waals surface area contributed by atoms with Gasteiger partial charge in [-0.3, -0.25) is 11.3 Å². The molecule has 0 saturated heterocycles. The Morgan fingerprint density at radius 3 is 2.45 bits per heavy atom. The molecule has 0 spiro atoms. The summed E-state index contributed by atoms with van der Waals surface area (Å²) in [4.78, 5) is 0. The number of nitrogens with two attached hydrogens (primary N) is 1. The summed E-state index contributed by atoms with van der Waals surface area (Å²) >= 11 is 0. The first-order chi connectivity index (χ1) is 9.21. The largest absolute Gasteiger partial charge is 0.271 e. The summed E-state index contributed by atoms with van der Waals surface area (Å²) in [5, 5.41) is 0. The van der Waals surface area contributed by atoms with E-state index in [1.807, 2.05) is 13.0 Å². The fourth-order valence-electron chi connectivity index (χ4n) is 2.98. The summed E-state index contributed by atoms with van der Waals surface area (Å²) in [5.41, 5.74) is 5.41. The van der Waals surface area contributed by atoms with Crippen molar-refractivity contribution in [2.45, 2.75) is 59.9 Å². The van der Waals surface area contributed by atoms with Crippen molar-refractivity contribution in [3.8, 4) is 0 Å². The average Bonchev–Trinajstić information content (AvgIpc) is 2.29. The van der Waals surface area contributed by atoms with Gasteiger partial charge >= 0.3 is 0 Å². The van der Waals surface area contributed by atoms with Crippen LogP contribution in [0.25, 0.3) is 0 Å². The van der Waals surface area contributed by atoms with Gasteiger partial charge in [0, 0.05) is 6.04 Å². The molecule has 0 bridgehead atoms. The molecule has 1 rings (SSSR count). The molecule has 0 aromatic heterocycles. The van der Waals surface area contributed by atoms with Crippen LogP contribution >= 0.6 is 0 Å². The third-order valence-corrected chi connectivity index (χ3v) is 3.65. The van der Waals surface area contributed by atoms with Gasteiger partial charge in [-0.2, -0.15) is 0 Å². The summed E-state index contributed by atoms with van der Waals surface area (Å²) < 4.78 is 13.1. The lowest BCUT2D eigenvalue weighted by molar-refractivity contribution is 0.274. The predicted molar refractivity (Wildman–Crippen MR) is 83.8 cm³/mol. The van der Waals surface area contributed by atoms with Gasteiger partial charge in [-0.05, 0) is 60.8 Å². The quantitative estimate of drug-likeness (QED) is 0.611. The van der Waals surface area contributed by atoms with E-state index < -0.39 is 0 Å². The highest BCUT2D eigenvalue weighted by atomic mass is 19.1. The number of halogens is 1. The zero-order chi connectivity index (χ0) is 15.3. The fraction of sp³-hybridized carbons (Fsp3) is 0.647. The number of aryl methyl sites for hydroxylation is 1. The molecule has 1 aromatic carbocycles. The fourth-order valence-corrected chi connectivity index (χ4v) is 2.98. The molecule has 3 N–H and O–H groups in total. The van der Waals surface area contributed by atoms with E-state index >= 15 is 0 Å². The first-order valence-corrected chi connectivity index (χ1v) is 7.42. The third-order valence-electron chi connectivity index (χ3n) is 3.65. The normalized spacial score (nSPS) is 15.2. The number of benzene rings is 1. The van der Waals surface area contributed by atoms with Crippen LogP contribution in [0.3, 0.4) is 0 Å². The van der Waals surface area contributed by atoms with E-state index in [2.05, 4.69) is 33.1 Å². The summed E-state index contributed by atoms with van der Waals surface area (Å²) in [6.45, 7) is 11.0. The molecular formula is C17H29FN2. The Morgan fingerprint density at radius 2 is 1.95 bits per heavy atom. The minimum atomic E-state index is -0.176. The van der Waals surface area contributed by atoms with Crippen molar-refractivity contribution in [1.29, 1.82) is 0 Å². The first kappa shape index (κ1) is 17.1. The van der Waals surface area contributed by atoms with Gasteiger partial charge in [-0.25, -0.2) is 4.39 Å². The average molecular weight is 280 g/mol. The molecule has 20 heavy (non-hydrogen) atoms. The molecular weight excluding hydrogens is 251 g/mol. The predicted octanol–water partition coefficient (Wildman–Crippen LogP) is 3.97. The van der Waals surface area contributed by atoms with Crippen LogP contribution in [-0.2, 0) is 6.42 Å². The highest BCUT2D eigenvalue weighted by Gasteiger charge is 2.19. The first-order valence-electron chi connectivity index (χ1n) is 7.42. The van der Waals surface area contributed by atoms with Crippen molar-refractivity contribution in [2.24, 2.45) is 17.2 Å². The minimum Gasteiger partial charge on any atom is -0.271 e. The van der Waals surface area contributed by atoms with Crippen LogP contribution in [0.2, 0.25) is 0 Å². The maximum Gasteiger partial charge on any atom is 0.123 e. The maximum atomic E-state index is 13.1. The van der Waals surface area contributed by atoms with E-state index in [1.54, 1.807) is 6.07 Å². The SMILES string of the molecule is Cc1cc(F)ccc1CC(CC(C)CC(C)(C)C)NN. The Bertz CT molecular complexity index is 423.